The first-order chi connectivity index (χ1) is 10.6. The second kappa shape index (κ2) is 4.70. The lowest BCUT2D eigenvalue weighted by Crippen LogP contribution is -2.24. The van der Waals surface area contributed by atoms with Gasteiger partial charge in [0.15, 0.2) is 0 Å². The summed E-state index contributed by atoms with van der Waals surface area (Å²) in [6, 6.07) is 19.5. The summed E-state index contributed by atoms with van der Waals surface area (Å²) in [5.74, 6) is 0. The van der Waals surface area contributed by atoms with Crippen molar-refractivity contribution in [3.8, 4) is 0 Å². The fourth-order valence-electron chi connectivity index (χ4n) is 3.30. The first-order valence-corrected chi connectivity index (χ1v) is 7.54. The molecule has 0 aliphatic carbocycles. The fraction of sp³-hybridized carbons (Fsp3) is 0.150. The minimum absolute atomic E-state index is 1.16. The van der Waals surface area contributed by atoms with Gasteiger partial charge in [0.1, 0.15) is 0 Å². The molecule has 0 aromatic heterocycles. The second-order valence-electron chi connectivity index (χ2n) is 5.99. The molecule has 0 atom stereocenters. The van der Waals surface area contributed by atoms with E-state index >= 15 is 0 Å². The van der Waals surface area contributed by atoms with Crippen LogP contribution in [0.5, 0.6) is 0 Å². The van der Waals surface area contributed by atoms with Gasteiger partial charge in [0.25, 0.3) is 0 Å². The molecule has 0 saturated carbocycles. The Balaban J connectivity index is 2.02. The van der Waals surface area contributed by atoms with Crippen LogP contribution in [0.3, 0.4) is 0 Å². The first kappa shape index (κ1) is 13.1. The van der Waals surface area contributed by atoms with Crippen LogP contribution in [-0.2, 0) is 0 Å². The molecule has 22 heavy (non-hydrogen) atoms. The van der Waals surface area contributed by atoms with E-state index in [1.54, 1.807) is 0 Å². The molecule has 0 N–H and O–H groups in total. The van der Waals surface area contributed by atoms with E-state index in [9.17, 15) is 0 Å². The van der Waals surface area contributed by atoms with E-state index in [1.165, 1.54) is 33.3 Å². The summed E-state index contributed by atoms with van der Waals surface area (Å²) in [7, 11) is 2.06. The van der Waals surface area contributed by atoms with Crippen LogP contribution in [0.25, 0.3) is 10.8 Å². The Morgan fingerprint density at radius 2 is 1.59 bits per heavy atom. The molecule has 4 rings (SSSR count). The first-order valence-electron chi connectivity index (χ1n) is 7.54. The maximum Gasteiger partial charge on any atom is 0.245 e. The Morgan fingerprint density at radius 1 is 0.909 bits per heavy atom. The van der Waals surface area contributed by atoms with Gasteiger partial charge in [-0.2, -0.15) is 0 Å². The average molecular weight is 286 g/mol. The van der Waals surface area contributed by atoms with Crippen LogP contribution in [0, 0.1) is 13.8 Å². The lowest BCUT2D eigenvalue weighted by molar-refractivity contribution is -0.399. The Kier molecular flexibility index (Phi) is 2.80. The van der Waals surface area contributed by atoms with Crippen LogP contribution in [0.1, 0.15) is 11.1 Å². The number of aryl methyl sites for hydroxylation is 2. The fourth-order valence-corrected chi connectivity index (χ4v) is 3.30. The third kappa shape index (κ3) is 1.92. The maximum absolute atomic E-state index is 3.47. The molecule has 108 valence electrons. The van der Waals surface area contributed by atoms with Gasteiger partial charge < -0.3 is 9.48 Å². The summed E-state index contributed by atoms with van der Waals surface area (Å²) in [5, 5.41) is 2.54. The lowest BCUT2D eigenvalue weighted by atomic mass is 10.0. The highest BCUT2D eigenvalue weighted by atomic mass is 15.2. The van der Waals surface area contributed by atoms with Crippen molar-refractivity contribution in [3.63, 3.8) is 0 Å². The summed E-state index contributed by atoms with van der Waals surface area (Å²) in [6.45, 7) is 4.28. The number of hydrogen-bond donors (Lipinski definition) is 0. The number of nitrogens with zero attached hydrogens (tertiary/aromatic N) is 2. The van der Waals surface area contributed by atoms with E-state index in [1.807, 2.05) is 0 Å². The van der Waals surface area contributed by atoms with Crippen LogP contribution in [0.4, 0.5) is 17.1 Å². The molecule has 1 aliphatic rings. The number of rotatable bonds is 1. The largest absolute Gasteiger partial charge is 0.315 e. The molecule has 0 bridgehead atoms. The number of anilines is 2. The third-order valence-electron chi connectivity index (χ3n) is 4.18. The average Bonchev–Trinajstić information content (AvgIpc) is 2.50. The maximum atomic E-state index is 3.47. The zero-order chi connectivity index (χ0) is 15.3. The molecular weight excluding hydrogens is 268 g/mol. The smallest absolute Gasteiger partial charge is 0.245 e. The molecule has 2 heteroatoms. The standard InChI is InChI=1S/C20H18N2/c1-14-10-15(2)12-17(11-14)22-13-21(3)18-8-4-6-16-7-5-9-19(22)20(16)18/h4-12H,1-3H3. The molecule has 0 fully saturated rings. The van der Waals surface area contributed by atoms with Gasteiger partial charge in [0.05, 0.1) is 24.1 Å². The zero-order valence-corrected chi connectivity index (χ0v) is 13.1. The van der Waals surface area contributed by atoms with E-state index in [-0.39, 0.29) is 0 Å². The summed E-state index contributed by atoms with van der Waals surface area (Å²) in [6.07, 6.45) is 3.47. The highest BCUT2D eigenvalue weighted by Crippen LogP contribution is 2.39. The Labute approximate surface area is 130 Å². The van der Waals surface area contributed by atoms with Crippen molar-refractivity contribution in [2.75, 3.05) is 11.9 Å². The van der Waals surface area contributed by atoms with Crippen molar-refractivity contribution in [2.45, 2.75) is 13.8 Å². The Hall–Kier alpha value is -2.61. The SMILES string of the molecule is Cc1cc(C)cc(N2[C-]=[N+](C)c3cccc4cccc2c34)c1. The Morgan fingerprint density at radius 3 is 2.32 bits per heavy atom. The van der Waals surface area contributed by atoms with Crippen molar-refractivity contribution in [1.29, 1.82) is 0 Å². The molecule has 0 spiro atoms. The van der Waals surface area contributed by atoms with Crippen molar-refractivity contribution in [3.05, 3.63) is 65.7 Å². The lowest BCUT2D eigenvalue weighted by Gasteiger charge is -2.29. The van der Waals surface area contributed by atoms with E-state index in [0.29, 0.717) is 0 Å². The van der Waals surface area contributed by atoms with Crippen LogP contribution in [-0.4, -0.2) is 18.0 Å². The van der Waals surface area contributed by atoms with E-state index in [2.05, 4.69) is 91.3 Å². The topological polar surface area (TPSA) is 6.25 Å². The molecule has 1 aliphatic heterocycles. The summed E-state index contributed by atoms with van der Waals surface area (Å²) in [4.78, 5) is 2.16. The van der Waals surface area contributed by atoms with Gasteiger partial charge in [-0.25, -0.2) is 0 Å². The Bertz CT molecular complexity index is 897. The van der Waals surface area contributed by atoms with E-state index < -0.39 is 0 Å². The molecule has 3 aromatic carbocycles. The van der Waals surface area contributed by atoms with Crippen LogP contribution in [0.15, 0.2) is 54.6 Å². The zero-order valence-electron chi connectivity index (χ0n) is 13.1. The highest BCUT2D eigenvalue weighted by molar-refractivity contribution is 6.09. The minimum atomic E-state index is 1.16. The van der Waals surface area contributed by atoms with Crippen LogP contribution >= 0.6 is 0 Å². The third-order valence-corrected chi connectivity index (χ3v) is 4.18. The summed E-state index contributed by atoms with van der Waals surface area (Å²) in [5.41, 5.74) is 6.09. The van der Waals surface area contributed by atoms with Crippen molar-refractivity contribution >= 4 is 34.2 Å². The van der Waals surface area contributed by atoms with Crippen LogP contribution in [0.2, 0.25) is 0 Å². The second-order valence-corrected chi connectivity index (χ2v) is 5.99. The van der Waals surface area contributed by atoms with Gasteiger partial charge in [-0.05, 0) is 24.6 Å². The van der Waals surface area contributed by atoms with E-state index in [4.69, 9.17) is 0 Å². The molecule has 1 heterocycles. The number of benzene rings is 3. The number of hydrogen-bond acceptors (Lipinski definition) is 1. The molecule has 0 radical (unpaired) electrons. The van der Waals surface area contributed by atoms with Gasteiger partial charge in [-0.3, -0.25) is 0 Å². The van der Waals surface area contributed by atoms with Gasteiger partial charge in [0.2, 0.25) is 6.34 Å². The molecular formula is C20H18N2. The van der Waals surface area contributed by atoms with Gasteiger partial charge >= 0.3 is 0 Å². The molecule has 3 aromatic rings. The normalized spacial score (nSPS) is 13.4. The minimum Gasteiger partial charge on any atom is -0.315 e. The molecule has 0 amide bonds. The predicted molar refractivity (Wildman–Crippen MR) is 92.9 cm³/mol. The monoisotopic (exact) mass is 286 g/mol. The van der Waals surface area contributed by atoms with Crippen molar-refractivity contribution in [1.82, 2.24) is 0 Å². The predicted octanol–water partition coefficient (Wildman–Crippen LogP) is 4.79. The molecule has 0 saturated heterocycles. The quantitative estimate of drug-likeness (QED) is 0.460. The van der Waals surface area contributed by atoms with Crippen molar-refractivity contribution < 1.29 is 4.58 Å². The summed E-state index contributed by atoms with van der Waals surface area (Å²) >= 11 is 0. The summed E-state index contributed by atoms with van der Waals surface area (Å²) < 4.78 is 2.08. The molecule has 0 unspecified atom stereocenters. The van der Waals surface area contributed by atoms with Crippen LogP contribution < -0.4 is 4.90 Å². The van der Waals surface area contributed by atoms with Gasteiger partial charge in [-0.1, -0.05) is 65.7 Å². The highest BCUT2D eigenvalue weighted by Gasteiger charge is 2.19. The van der Waals surface area contributed by atoms with Crippen molar-refractivity contribution in [2.24, 2.45) is 0 Å². The van der Waals surface area contributed by atoms with E-state index in [0.717, 1.165) is 5.69 Å². The van der Waals surface area contributed by atoms with Gasteiger partial charge in [0, 0.05) is 0 Å². The van der Waals surface area contributed by atoms with Gasteiger partial charge in [-0.15, -0.1) is 0 Å². The molecule has 2 nitrogen and oxygen atoms in total.